The molecule has 0 radical (unpaired) electrons. The second-order valence-electron chi connectivity index (χ2n) is 6.65. The highest BCUT2D eigenvalue weighted by Crippen LogP contribution is 2.23. The van der Waals surface area contributed by atoms with Gasteiger partial charge >= 0.3 is 0 Å². The van der Waals surface area contributed by atoms with Gasteiger partial charge in [0.2, 0.25) is 0 Å². The minimum absolute atomic E-state index is 0.0172. The molecule has 0 aromatic heterocycles. The van der Waals surface area contributed by atoms with Crippen LogP contribution < -0.4 is 14.8 Å². The lowest BCUT2D eigenvalue weighted by Gasteiger charge is -2.32. The minimum atomic E-state index is -0.172. The summed E-state index contributed by atoms with van der Waals surface area (Å²) >= 11 is 3.40. The van der Waals surface area contributed by atoms with E-state index in [-0.39, 0.29) is 17.9 Å². The number of carbonyl (C=O) groups is 2. The van der Waals surface area contributed by atoms with Crippen molar-refractivity contribution in [3.63, 3.8) is 0 Å². The summed E-state index contributed by atoms with van der Waals surface area (Å²) in [6, 6.07) is 12.5. The van der Waals surface area contributed by atoms with Crippen molar-refractivity contribution < 1.29 is 19.1 Å². The fraction of sp³-hybridized carbons (Fsp3) is 0.333. The van der Waals surface area contributed by atoms with Gasteiger partial charge in [-0.25, -0.2) is 0 Å². The van der Waals surface area contributed by atoms with Gasteiger partial charge in [-0.2, -0.15) is 0 Å². The SMILES string of the molecule is COc1cc(OC)cc(C(=O)NC2CCN(C(=O)c3cccc(Br)c3)CC2)c1. The standard InChI is InChI=1S/C21H23BrN2O4/c1-27-18-11-15(12-19(13-18)28-2)20(25)23-17-6-8-24(9-7-17)21(26)14-4-3-5-16(22)10-14/h3-5,10-13,17H,6-9H2,1-2H3,(H,23,25). The number of nitrogens with one attached hydrogen (secondary N) is 1. The molecule has 2 aromatic rings. The molecule has 148 valence electrons. The molecule has 6 nitrogen and oxygen atoms in total. The van der Waals surface area contributed by atoms with Crippen molar-refractivity contribution in [3.05, 3.63) is 58.1 Å². The second-order valence-corrected chi connectivity index (χ2v) is 7.57. The predicted octanol–water partition coefficient (Wildman–Crippen LogP) is 3.50. The Morgan fingerprint density at radius 2 is 1.64 bits per heavy atom. The van der Waals surface area contributed by atoms with Crippen LogP contribution in [0.15, 0.2) is 46.9 Å². The van der Waals surface area contributed by atoms with E-state index < -0.39 is 0 Å². The zero-order valence-corrected chi connectivity index (χ0v) is 17.5. The van der Waals surface area contributed by atoms with Crippen LogP contribution in [0.1, 0.15) is 33.6 Å². The van der Waals surface area contributed by atoms with Crippen LogP contribution in [0.3, 0.4) is 0 Å². The van der Waals surface area contributed by atoms with Crippen molar-refractivity contribution in [1.29, 1.82) is 0 Å². The number of rotatable bonds is 5. The highest BCUT2D eigenvalue weighted by molar-refractivity contribution is 9.10. The minimum Gasteiger partial charge on any atom is -0.497 e. The Kier molecular flexibility index (Phi) is 6.57. The fourth-order valence-corrected chi connectivity index (χ4v) is 3.64. The molecule has 1 fully saturated rings. The maximum Gasteiger partial charge on any atom is 0.253 e. The first-order valence-corrected chi connectivity index (χ1v) is 9.88. The first-order chi connectivity index (χ1) is 13.5. The van der Waals surface area contributed by atoms with Crippen LogP contribution in [-0.2, 0) is 0 Å². The number of hydrogen-bond donors (Lipinski definition) is 1. The number of halogens is 1. The third-order valence-corrected chi connectivity index (χ3v) is 5.30. The topological polar surface area (TPSA) is 67.9 Å². The Balaban J connectivity index is 1.58. The predicted molar refractivity (Wildman–Crippen MR) is 110 cm³/mol. The van der Waals surface area contributed by atoms with Gasteiger partial charge in [0.1, 0.15) is 11.5 Å². The molecule has 0 spiro atoms. The number of amides is 2. The Hall–Kier alpha value is -2.54. The normalized spacial score (nSPS) is 14.5. The number of piperidine rings is 1. The lowest BCUT2D eigenvalue weighted by molar-refractivity contribution is 0.0698. The Morgan fingerprint density at radius 1 is 1.00 bits per heavy atom. The molecule has 1 aliphatic rings. The zero-order chi connectivity index (χ0) is 20.1. The van der Waals surface area contributed by atoms with E-state index in [0.29, 0.717) is 48.6 Å². The summed E-state index contributed by atoms with van der Waals surface area (Å²) in [6.45, 7) is 1.22. The summed E-state index contributed by atoms with van der Waals surface area (Å²) in [5.41, 5.74) is 1.16. The molecule has 0 unspecified atom stereocenters. The van der Waals surface area contributed by atoms with Crippen LogP contribution in [0.2, 0.25) is 0 Å². The van der Waals surface area contributed by atoms with E-state index in [0.717, 1.165) is 4.47 Å². The second kappa shape index (κ2) is 9.10. The smallest absolute Gasteiger partial charge is 0.253 e. The molecular weight excluding hydrogens is 424 g/mol. The van der Waals surface area contributed by atoms with E-state index in [2.05, 4.69) is 21.2 Å². The Morgan fingerprint density at radius 3 is 2.21 bits per heavy atom. The average Bonchev–Trinajstić information content (AvgIpc) is 2.73. The van der Waals surface area contributed by atoms with E-state index in [9.17, 15) is 9.59 Å². The third kappa shape index (κ3) is 4.84. The maximum atomic E-state index is 12.6. The number of methoxy groups -OCH3 is 2. The highest BCUT2D eigenvalue weighted by atomic mass is 79.9. The maximum absolute atomic E-state index is 12.6. The molecule has 3 rings (SSSR count). The number of benzene rings is 2. The van der Waals surface area contributed by atoms with Gasteiger partial charge in [0, 0.05) is 40.8 Å². The van der Waals surface area contributed by atoms with Crippen LogP contribution in [0.5, 0.6) is 11.5 Å². The van der Waals surface area contributed by atoms with Crippen molar-refractivity contribution in [2.24, 2.45) is 0 Å². The highest BCUT2D eigenvalue weighted by Gasteiger charge is 2.25. The van der Waals surface area contributed by atoms with Crippen molar-refractivity contribution in [2.75, 3.05) is 27.3 Å². The first-order valence-electron chi connectivity index (χ1n) is 9.09. The van der Waals surface area contributed by atoms with Crippen LogP contribution in [0.25, 0.3) is 0 Å². The van der Waals surface area contributed by atoms with Crippen molar-refractivity contribution >= 4 is 27.7 Å². The zero-order valence-electron chi connectivity index (χ0n) is 15.9. The molecule has 0 bridgehead atoms. The number of ether oxygens (including phenoxy) is 2. The average molecular weight is 447 g/mol. The van der Waals surface area contributed by atoms with Gasteiger partial charge in [-0.1, -0.05) is 22.0 Å². The number of likely N-dealkylation sites (tertiary alicyclic amines) is 1. The number of nitrogens with zero attached hydrogens (tertiary/aromatic N) is 1. The number of carbonyl (C=O) groups excluding carboxylic acids is 2. The largest absolute Gasteiger partial charge is 0.497 e. The summed E-state index contributed by atoms with van der Waals surface area (Å²) in [4.78, 5) is 27.1. The van der Waals surface area contributed by atoms with E-state index in [4.69, 9.17) is 9.47 Å². The van der Waals surface area contributed by atoms with Crippen molar-refractivity contribution in [3.8, 4) is 11.5 Å². The molecule has 2 amide bonds. The summed E-state index contributed by atoms with van der Waals surface area (Å²) in [7, 11) is 3.10. The molecule has 1 heterocycles. The van der Waals surface area contributed by atoms with Crippen molar-refractivity contribution in [2.45, 2.75) is 18.9 Å². The fourth-order valence-electron chi connectivity index (χ4n) is 3.24. The van der Waals surface area contributed by atoms with E-state index in [1.165, 1.54) is 0 Å². The molecule has 1 aliphatic heterocycles. The quantitative estimate of drug-likeness (QED) is 0.762. The monoisotopic (exact) mass is 446 g/mol. The summed E-state index contributed by atoms with van der Waals surface area (Å²) in [6.07, 6.45) is 1.43. The van der Waals surface area contributed by atoms with Gasteiger partial charge in [0.05, 0.1) is 14.2 Å². The van der Waals surface area contributed by atoms with Gasteiger partial charge in [0.25, 0.3) is 11.8 Å². The lowest BCUT2D eigenvalue weighted by Crippen LogP contribution is -2.46. The molecule has 7 heteroatoms. The lowest BCUT2D eigenvalue weighted by atomic mass is 10.0. The van der Waals surface area contributed by atoms with Gasteiger partial charge < -0.3 is 19.7 Å². The molecule has 1 N–H and O–H groups in total. The Labute approximate surface area is 172 Å². The molecule has 0 saturated carbocycles. The molecule has 2 aromatic carbocycles. The van der Waals surface area contributed by atoms with E-state index in [1.54, 1.807) is 32.4 Å². The van der Waals surface area contributed by atoms with E-state index >= 15 is 0 Å². The Bertz CT molecular complexity index is 841. The molecular formula is C21H23BrN2O4. The van der Waals surface area contributed by atoms with Gasteiger partial charge in [-0.05, 0) is 43.2 Å². The third-order valence-electron chi connectivity index (χ3n) is 4.80. The number of hydrogen-bond acceptors (Lipinski definition) is 4. The van der Waals surface area contributed by atoms with Crippen molar-refractivity contribution in [1.82, 2.24) is 10.2 Å². The van der Waals surface area contributed by atoms with Crippen LogP contribution in [-0.4, -0.2) is 50.1 Å². The first kappa shape index (κ1) is 20.2. The van der Waals surface area contributed by atoms with Crippen LogP contribution >= 0.6 is 15.9 Å². The van der Waals surface area contributed by atoms with Crippen LogP contribution in [0.4, 0.5) is 0 Å². The summed E-state index contributed by atoms with van der Waals surface area (Å²) < 4.78 is 11.3. The molecule has 0 atom stereocenters. The summed E-state index contributed by atoms with van der Waals surface area (Å²) in [5.74, 6) is 0.982. The van der Waals surface area contributed by atoms with Gasteiger partial charge in [-0.15, -0.1) is 0 Å². The van der Waals surface area contributed by atoms with Crippen LogP contribution in [0, 0.1) is 0 Å². The molecule has 0 aliphatic carbocycles. The summed E-state index contributed by atoms with van der Waals surface area (Å²) in [5, 5.41) is 3.05. The molecule has 28 heavy (non-hydrogen) atoms. The molecule has 1 saturated heterocycles. The van der Waals surface area contributed by atoms with Gasteiger partial charge in [0.15, 0.2) is 0 Å². The van der Waals surface area contributed by atoms with E-state index in [1.807, 2.05) is 29.2 Å². The van der Waals surface area contributed by atoms with Gasteiger partial charge in [-0.3, -0.25) is 9.59 Å².